The fourth-order valence-corrected chi connectivity index (χ4v) is 4.29. The van der Waals surface area contributed by atoms with Gasteiger partial charge in [-0.25, -0.2) is 4.39 Å². The first-order chi connectivity index (χ1) is 9.45. The summed E-state index contributed by atoms with van der Waals surface area (Å²) in [5, 5.41) is 0. The number of hydrogen-bond donors (Lipinski definition) is 1. The van der Waals surface area contributed by atoms with Gasteiger partial charge in [-0.3, -0.25) is 0 Å². The molecular formula is C15H18BrFN2S. The summed E-state index contributed by atoms with van der Waals surface area (Å²) < 4.78 is 17.0. The number of hydrogen-bond acceptors (Lipinski definition) is 1. The summed E-state index contributed by atoms with van der Waals surface area (Å²) in [6.07, 6.45) is 3.56. The molecule has 0 saturated heterocycles. The van der Waals surface area contributed by atoms with Gasteiger partial charge in [0.2, 0.25) is 0 Å². The smallest absolute Gasteiger partial charge is 0.178 e. The molecule has 0 spiro atoms. The van der Waals surface area contributed by atoms with Crippen LogP contribution < -0.4 is 0 Å². The van der Waals surface area contributed by atoms with Gasteiger partial charge in [0, 0.05) is 12.1 Å². The third-order valence-electron chi connectivity index (χ3n) is 4.28. The van der Waals surface area contributed by atoms with Gasteiger partial charge in [-0.1, -0.05) is 13.8 Å². The van der Waals surface area contributed by atoms with Crippen LogP contribution in [0.25, 0.3) is 11.0 Å². The van der Waals surface area contributed by atoms with Gasteiger partial charge in [0.05, 0.1) is 15.5 Å². The van der Waals surface area contributed by atoms with Crippen LogP contribution in [0.1, 0.15) is 39.2 Å². The van der Waals surface area contributed by atoms with E-state index in [-0.39, 0.29) is 5.82 Å². The summed E-state index contributed by atoms with van der Waals surface area (Å²) in [5.74, 6) is 1.16. The van der Waals surface area contributed by atoms with Crippen molar-refractivity contribution in [2.24, 2.45) is 11.8 Å². The van der Waals surface area contributed by atoms with Crippen molar-refractivity contribution in [1.82, 2.24) is 9.55 Å². The van der Waals surface area contributed by atoms with Crippen molar-refractivity contribution in [2.45, 2.75) is 39.2 Å². The fraction of sp³-hybridized carbons (Fsp3) is 0.533. The predicted octanol–water partition coefficient (Wildman–Crippen LogP) is 5.60. The van der Waals surface area contributed by atoms with Crippen LogP contribution >= 0.6 is 28.1 Å². The molecule has 108 valence electrons. The van der Waals surface area contributed by atoms with Crippen molar-refractivity contribution in [2.75, 3.05) is 0 Å². The lowest BCUT2D eigenvalue weighted by Crippen LogP contribution is -2.22. The molecule has 2 aromatic rings. The molecule has 2 nitrogen and oxygen atoms in total. The van der Waals surface area contributed by atoms with Gasteiger partial charge in [-0.15, -0.1) is 0 Å². The molecule has 1 aliphatic rings. The summed E-state index contributed by atoms with van der Waals surface area (Å²) in [4.78, 5) is 3.14. The zero-order chi connectivity index (χ0) is 14.4. The van der Waals surface area contributed by atoms with Crippen LogP contribution in [0, 0.1) is 22.4 Å². The van der Waals surface area contributed by atoms with Crippen molar-refractivity contribution >= 4 is 39.2 Å². The molecule has 3 rings (SSSR count). The molecule has 20 heavy (non-hydrogen) atoms. The van der Waals surface area contributed by atoms with Gasteiger partial charge in [-0.2, -0.15) is 0 Å². The Morgan fingerprint density at radius 2 is 1.90 bits per heavy atom. The van der Waals surface area contributed by atoms with Crippen LogP contribution in [0.2, 0.25) is 0 Å². The Hall–Kier alpha value is -0.680. The summed E-state index contributed by atoms with van der Waals surface area (Å²) >= 11 is 8.74. The van der Waals surface area contributed by atoms with Gasteiger partial charge >= 0.3 is 0 Å². The third-order valence-corrected chi connectivity index (χ3v) is 5.18. The van der Waals surface area contributed by atoms with Gasteiger partial charge in [0.25, 0.3) is 0 Å². The number of H-pyrrole nitrogens is 1. The minimum Gasteiger partial charge on any atom is -0.330 e. The number of halogens is 2. The molecule has 0 aliphatic heterocycles. The van der Waals surface area contributed by atoms with Crippen LogP contribution in [0.3, 0.4) is 0 Å². The van der Waals surface area contributed by atoms with E-state index in [1.54, 1.807) is 0 Å². The largest absolute Gasteiger partial charge is 0.330 e. The number of fused-ring (bicyclic) bond motifs is 1. The van der Waals surface area contributed by atoms with Crippen molar-refractivity contribution in [1.29, 1.82) is 0 Å². The fourth-order valence-electron chi connectivity index (χ4n) is 3.60. The molecular weight excluding hydrogens is 339 g/mol. The van der Waals surface area contributed by atoms with Crippen molar-refractivity contribution in [3.63, 3.8) is 0 Å². The molecule has 2 unspecified atom stereocenters. The minimum atomic E-state index is -0.258. The van der Waals surface area contributed by atoms with E-state index < -0.39 is 0 Å². The van der Waals surface area contributed by atoms with E-state index >= 15 is 0 Å². The Kier molecular flexibility index (Phi) is 3.75. The summed E-state index contributed by atoms with van der Waals surface area (Å²) in [7, 11) is 0. The first kappa shape index (κ1) is 14.3. The quantitative estimate of drug-likeness (QED) is 0.659. The molecule has 1 fully saturated rings. The lowest BCUT2D eigenvalue weighted by atomic mass is 9.80. The Morgan fingerprint density at radius 3 is 2.55 bits per heavy atom. The molecule has 0 bridgehead atoms. The highest BCUT2D eigenvalue weighted by atomic mass is 79.9. The van der Waals surface area contributed by atoms with E-state index in [2.05, 4.69) is 39.3 Å². The number of nitrogens with zero attached hydrogens (tertiary/aromatic N) is 1. The van der Waals surface area contributed by atoms with Crippen molar-refractivity contribution < 1.29 is 4.39 Å². The summed E-state index contributed by atoms with van der Waals surface area (Å²) in [5.41, 5.74) is 1.77. The molecule has 1 saturated carbocycles. The van der Waals surface area contributed by atoms with E-state index in [0.29, 0.717) is 27.1 Å². The molecule has 1 N–H and O–H groups in total. The monoisotopic (exact) mass is 356 g/mol. The highest BCUT2D eigenvalue weighted by Crippen LogP contribution is 2.38. The van der Waals surface area contributed by atoms with E-state index in [4.69, 9.17) is 12.2 Å². The predicted molar refractivity (Wildman–Crippen MR) is 86.0 cm³/mol. The number of aromatic amines is 1. The zero-order valence-electron chi connectivity index (χ0n) is 11.6. The maximum absolute atomic E-state index is 13.6. The molecule has 0 amide bonds. The Labute approximate surface area is 131 Å². The number of aromatic nitrogens is 2. The molecule has 1 aromatic heterocycles. The minimum absolute atomic E-state index is 0.258. The second-order valence-electron chi connectivity index (χ2n) is 6.15. The van der Waals surface area contributed by atoms with Crippen molar-refractivity contribution in [3.8, 4) is 0 Å². The second-order valence-corrected chi connectivity index (χ2v) is 7.40. The maximum atomic E-state index is 13.6. The summed E-state index contributed by atoms with van der Waals surface area (Å²) in [6, 6.07) is 3.76. The maximum Gasteiger partial charge on any atom is 0.178 e. The Balaban J connectivity index is 2.13. The summed E-state index contributed by atoms with van der Waals surface area (Å²) in [6.45, 7) is 4.60. The van der Waals surface area contributed by atoms with Crippen molar-refractivity contribution in [3.05, 3.63) is 27.2 Å². The van der Waals surface area contributed by atoms with E-state index in [1.165, 1.54) is 12.5 Å². The molecule has 1 aliphatic carbocycles. The first-order valence-corrected chi connectivity index (χ1v) is 8.25. The normalized spacial score (nSPS) is 27.1. The third kappa shape index (κ3) is 2.46. The zero-order valence-corrected chi connectivity index (χ0v) is 14.0. The standard InChI is InChI=1S/C15H18BrFN2S/c1-8-3-9(2)5-10(4-8)19-14-6-11(16)12(17)7-13(14)18-15(19)20/h6-10H,3-5H2,1-2H3,(H,18,20). The number of imidazole rings is 1. The van der Waals surface area contributed by atoms with Gasteiger partial charge in [0.15, 0.2) is 4.77 Å². The lowest BCUT2D eigenvalue weighted by molar-refractivity contribution is 0.223. The van der Waals surface area contributed by atoms with Crippen LogP contribution in [-0.4, -0.2) is 9.55 Å². The Bertz CT molecular complexity index is 696. The second kappa shape index (κ2) is 5.26. The van der Waals surface area contributed by atoms with E-state index in [0.717, 1.165) is 23.9 Å². The molecule has 1 heterocycles. The van der Waals surface area contributed by atoms with Gasteiger partial charge in [-0.05, 0) is 65.3 Å². The van der Waals surface area contributed by atoms with Gasteiger partial charge < -0.3 is 9.55 Å². The van der Waals surface area contributed by atoms with Gasteiger partial charge in [0.1, 0.15) is 5.82 Å². The molecule has 5 heteroatoms. The van der Waals surface area contributed by atoms with Crippen LogP contribution in [0.4, 0.5) is 4.39 Å². The average Bonchev–Trinajstić information content (AvgIpc) is 2.64. The number of nitrogens with one attached hydrogen (secondary N) is 1. The molecule has 2 atom stereocenters. The van der Waals surface area contributed by atoms with Crippen LogP contribution in [0.5, 0.6) is 0 Å². The molecule has 1 aromatic carbocycles. The first-order valence-electron chi connectivity index (χ1n) is 7.05. The Morgan fingerprint density at radius 1 is 1.25 bits per heavy atom. The SMILES string of the molecule is CC1CC(C)CC(n2c(=S)[nH]c3cc(F)c(Br)cc32)C1. The highest BCUT2D eigenvalue weighted by molar-refractivity contribution is 9.10. The van der Waals surface area contributed by atoms with Crippen LogP contribution in [-0.2, 0) is 0 Å². The topological polar surface area (TPSA) is 20.7 Å². The van der Waals surface area contributed by atoms with E-state index in [1.807, 2.05) is 6.07 Å². The van der Waals surface area contributed by atoms with E-state index in [9.17, 15) is 4.39 Å². The number of benzene rings is 1. The highest BCUT2D eigenvalue weighted by Gasteiger charge is 2.26. The lowest BCUT2D eigenvalue weighted by Gasteiger charge is -2.32. The average molecular weight is 357 g/mol. The molecule has 0 radical (unpaired) electrons. The van der Waals surface area contributed by atoms with Crippen LogP contribution in [0.15, 0.2) is 16.6 Å². The number of rotatable bonds is 1.